The van der Waals surface area contributed by atoms with Crippen molar-refractivity contribution >= 4 is 45.6 Å². The molecule has 0 spiro atoms. The van der Waals surface area contributed by atoms with Crippen LogP contribution < -0.4 is 5.32 Å². The highest BCUT2D eigenvalue weighted by Crippen LogP contribution is 2.20. The number of anilines is 1. The van der Waals surface area contributed by atoms with Gasteiger partial charge < -0.3 is 0 Å². The molecule has 1 aromatic carbocycles. The van der Waals surface area contributed by atoms with Crippen molar-refractivity contribution in [3.63, 3.8) is 0 Å². The van der Waals surface area contributed by atoms with Gasteiger partial charge in [0.25, 0.3) is 5.91 Å². The summed E-state index contributed by atoms with van der Waals surface area (Å²) < 4.78 is 12.9. The summed E-state index contributed by atoms with van der Waals surface area (Å²) in [6, 6.07) is 3.76. The second-order valence-corrected chi connectivity index (χ2v) is 4.89. The van der Waals surface area contributed by atoms with E-state index >= 15 is 0 Å². The zero-order chi connectivity index (χ0) is 13.1. The third-order valence-corrected chi connectivity index (χ3v) is 3.46. The number of amides is 1. The number of alkyl halides is 1. The molecule has 0 aliphatic heterocycles. The molecule has 18 heavy (non-hydrogen) atoms. The molecule has 0 atom stereocenters. The van der Waals surface area contributed by atoms with Crippen LogP contribution in [0.15, 0.2) is 23.6 Å². The Hall–Kier alpha value is -1.17. The maximum absolute atomic E-state index is 12.9. The molecule has 0 radical (unpaired) electrons. The molecular formula is C11H7Cl2FN2OS. The summed E-state index contributed by atoms with van der Waals surface area (Å²) >= 11 is 12.5. The van der Waals surface area contributed by atoms with Crippen LogP contribution in [0.25, 0.3) is 0 Å². The number of hydrogen-bond acceptors (Lipinski definition) is 3. The second-order valence-electron chi connectivity index (χ2n) is 3.36. The smallest absolute Gasteiger partial charge is 0.257 e. The molecule has 0 saturated heterocycles. The van der Waals surface area contributed by atoms with Gasteiger partial charge in [0.15, 0.2) is 5.13 Å². The van der Waals surface area contributed by atoms with Crippen LogP contribution in [0.4, 0.5) is 9.52 Å². The molecular weight excluding hydrogens is 298 g/mol. The van der Waals surface area contributed by atoms with Gasteiger partial charge in [-0.3, -0.25) is 10.1 Å². The van der Waals surface area contributed by atoms with Crippen LogP contribution in [-0.2, 0) is 5.88 Å². The van der Waals surface area contributed by atoms with E-state index in [4.69, 9.17) is 23.2 Å². The highest BCUT2D eigenvalue weighted by atomic mass is 35.5. The Balaban J connectivity index is 2.14. The maximum Gasteiger partial charge on any atom is 0.257 e. The number of hydrogen-bond donors (Lipinski definition) is 1. The van der Waals surface area contributed by atoms with Crippen molar-refractivity contribution in [3.8, 4) is 0 Å². The molecule has 7 heteroatoms. The van der Waals surface area contributed by atoms with Crippen LogP contribution in [0.3, 0.4) is 0 Å². The Morgan fingerprint density at radius 2 is 2.28 bits per heavy atom. The molecule has 1 heterocycles. The minimum atomic E-state index is -0.563. The van der Waals surface area contributed by atoms with Crippen LogP contribution in [-0.4, -0.2) is 10.9 Å². The van der Waals surface area contributed by atoms with E-state index in [1.165, 1.54) is 23.5 Å². The second kappa shape index (κ2) is 5.65. The molecule has 2 aromatic rings. The number of rotatable bonds is 3. The lowest BCUT2D eigenvalue weighted by molar-refractivity contribution is 0.102. The standard InChI is InChI=1S/C11H7Cl2FN2OS/c12-4-7-5-18-11(15-7)16-10(17)6-1-2-9(14)8(13)3-6/h1-3,5H,4H2,(H,15,16,17). The summed E-state index contributed by atoms with van der Waals surface area (Å²) in [5, 5.41) is 4.69. The topological polar surface area (TPSA) is 42.0 Å². The summed E-state index contributed by atoms with van der Waals surface area (Å²) in [5.41, 5.74) is 0.957. The Kier molecular flexibility index (Phi) is 4.16. The number of thiazole rings is 1. The molecule has 0 unspecified atom stereocenters. The number of carbonyl (C=O) groups is 1. The van der Waals surface area contributed by atoms with Crippen molar-refractivity contribution in [3.05, 3.63) is 45.7 Å². The van der Waals surface area contributed by atoms with Gasteiger partial charge in [-0.05, 0) is 18.2 Å². The summed E-state index contributed by atoms with van der Waals surface area (Å²) in [6.45, 7) is 0. The average molecular weight is 305 g/mol. The molecule has 0 bridgehead atoms. The van der Waals surface area contributed by atoms with Crippen LogP contribution in [0.5, 0.6) is 0 Å². The van der Waals surface area contributed by atoms with Crippen LogP contribution >= 0.6 is 34.5 Å². The van der Waals surface area contributed by atoms with E-state index in [2.05, 4.69) is 10.3 Å². The van der Waals surface area contributed by atoms with Crippen LogP contribution in [0.2, 0.25) is 5.02 Å². The lowest BCUT2D eigenvalue weighted by Crippen LogP contribution is -2.11. The summed E-state index contributed by atoms with van der Waals surface area (Å²) in [6.07, 6.45) is 0. The van der Waals surface area contributed by atoms with E-state index in [9.17, 15) is 9.18 Å². The number of nitrogens with zero attached hydrogens (tertiary/aromatic N) is 1. The first kappa shape index (κ1) is 13.3. The maximum atomic E-state index is 12.9. The lowest BCUT2D eigenvalue weighted by Gasteiger charge is -2.02. The molecule has 0 fully saturated rings. The van der Waals surface area contributed by atoms with Crippen molar-refractivity contribution in [2.24, 2.45) is 0 Å². The molecule has 94 valence electrons. The quantitative estimate of drug-likeness (QED) is 0.873. The van der Waals surface area contributed by atoms with E-state index in [0.717, 1.165) is 6.07 Å². The number of halogens is 3. The van der Waals surface area contributed by atoms with Crippen molar-refractivity contribution in [2.75, 3.05) is 5.32 Å². The number of aromatic nitrogens is 1. The van der Waals surface area contributed by atoms with E-state index in [1.807, 2.05) is 0 Å². The fraction of sp³-hybridized carbons (Fsp3) is 0.0909. The van der Waals surface area contributed by atoms with Crippen LogP contribution in [0, 0.1) is 5.82 Å². The van der Waals surface area contributed by atoms with E-state index in [-0.39, 0.29) is 16.5 Å². The van der Waals surface area contributed by atoms with Crippen molar-refractivity contribution < 1.29 is 9.18 Å². The molecule has 0 aliphatic carbocycles. The normalized spacial score (nSPS) is 10.4. The average Bonchev–Trinajstić information content (AvgIpc) is 2.80. The van der Waals surface area contributed by atoms with Gasteiger partial charge >= 0.3 is 0 Å². The molecule has 2 rings (SSSR count). The first-order chi connectivity index (χ1) is 8.60. The summed E-state index contributed by atoms with van der Waals surface area (Å²) in [5.74, 6) is -0.673. The monoisotopic (exact) mass is 304 g/mol. The first-order valence-corrected chi connectivity index (χ1v) is 6.66. The molecule has 1 aromatic heterocycles. The van der Waals surface area contributed by atoms with Gasteiger partial charge in [0.2, 0.25) is 0 Å². The van der Waals surface area contributed by atoms with Crippen molar-refractivity contribution in [1.82, 2.24) is 4.98 Å². The zero-order valence-corrected chi connectivity index (χ0v) is 11.2. The molecule has 1 amide bonds. The molecule has 1 N–H and O–H groups in total. The van der Waals surface area contributed by atoms with E-state index in [0.29, 0.717) is 10.8 Å². The predicted octanol–water partition coefficient (Wildman–Crippen LogP) is 3.93. The van der Waals surface area contributed by atoms with E-state index < -0.39 is 11.7 Å². The minimum absolute atomic E-state index is 0.0942. The van der Waals surface area contributed by atoms with Gasteiger partial charge in [-0.2, -0.15) is 0 Å². The van der Waals surface area contributed by atoms with Crippen molar-refractivity contribution in [2.45, 2.75) is 5.88 Å². The summed E-state index contributed by atoms with van der Waals surface area (Å²) in [4.78, 5) is 15.9. The predicted molar refractivity (Wildman–Crippen MR) is 71.0 cm³/mol. The summed E-state index contributed by atoms with van der Waals surface area (Å²) in [7, 11) is 0. The third-order valence-electron chi connectivity index (χ3n) is 2.09. The fourth-order valence-electron chi connectivity index (χ4n) is 1.23. The molecule has 3 nitrogen and oxygen atoms in total. The first-order valence-electron chi connectivity index (χ1n) is 4.87. The Labute approximate surface area is 117 Å². The SMILES string of the molecule is O=C(Nc1nc(CCl)cs1)c1ccc(F)c(Cl)c1. The molecule has 0 saturated carbocycles. The fourth-order valence-corrected chi connectivity index (χ4v) is 2.35. The number of benzene rings is 1. The largest absolute Gasteiger partial charge is 0.298 e. The van der Waals surface area contributed by atoms with Gasteiger partial charge in [0, 0.05) is 10.9 Å². The minimum Gasteiger partial charge on any atom is -0.298 e. The Morgan fingerprint density at radius 3 is 2.89 bits per heavy atom. The third kappa shape index (κ3) is 2.98. The Morgan fingerprint density at radius 1 is 1.50 bits per heavy atom. The number of nitrogens with one attached hydrogen (secondary N) is 1. The van der Waals surface area contributed by atoms with Gasteiger partial charge in [0.05, 0.1) is 16.6 Å². The molecule has 0 aliphatic rings. The van der Waals surface area contributed by atoms with Gasteiger partial charge in [0.1, 0.15) is 5.82 Å². The van der Waals surface area contributed by atoms with Gasteiger partial charge in [-0.25, -0.2) is 9.37 Å². The van der Waals surface area contributed by atoms with Crippen molar-refractivity contribution in [1.29, 1.82) is 0 Å². The highest BCUT2D eigenvalue weighted by molar-refractivity contribution is 7.14. The van der Waals surface area contributed by atoms with Gasteiger partial charge in [-0.1, -0.05) is 11.6 Å². The van der Waals surface area contributed by atoms with Crippen LogP contribution in [0.1, 0.15) is 16.1 Å². The highest BCUT2D eigenvalue weighted by Gasteiger charge is 2.11. The Bertz CT molecular complexity index is 588. The zero-order valence-electron chi connectivity index (χ0n) is 8.91. The van der Waals surface area contributed by atoms with Gasteiger partial charge in [-0.15, -0.1) is 22.9 Å². The van der Waals surface area contributed by atoms with E-state index in [1.54, 1.807) is 5.38 Å². The number of carbonyl (C=O) groups excluding carboxylic acids is 1. The lowest BCUT2D eigenvalue weighted by atomic mass is 10.2.